The fraction of sp³-hybridized carbons (Fsp3) is 0.800. The van der Waals surface area contributed by atoms with Crippen molar-refractivity contribution < 1.29 is 29.0 Å². The summed E-state index contributed by atoms with van der Waals surface area (Å²) in [5.74, 6) is -1.52. The first-order valence-electron chi connectivity index (χ1n) is 5.98. The maximum Gasteiger partial charge on any atom is 0.332 e. The van der Waals surface area contributed by atoms with Gasteiger partial charge in [0.2, 0.25) is 0 Å². The Kier molecular flexibility index (Phi) is 5.64. The number of ketones is 1. The molecule has 0 saturated carbocycles. The number of carbonyl (C=O) groups is 2. The topological polar surface area (TPSA) is 118 Å². The summed E-state index contributed by atoms with van der Waals surface area (Å²) in [6.45, 7) is 3.59. The Morgan fingerprint density at radius 2 is 1.95 bits per heavy atom. The smallest absolute Gasteiger partial charge is 0.332 e. The van der Waals surface area contributed by atoms with Gasteiger partial charge in [-0.05, 0) is 6.54 Å². The predicted octanol–water partition coefficient (Wildman–Crippen LogP) is -1.18. The molecule has 9 heteroatoms. The highest BCUT2D eigenvalue weighted by molar-refractivity contribution is 7.52. The molecule has 8 nitrogen and oxygen atoms in total. The average Bonchev–Trinajstić information content (AvgIpc) is 2.26. The highest BCUT2D eigenvalue weighted by Gasteiger charge is 2.32. The van der Waals surface area contributed by atoms with Crippen molar-refractivity contribution in [3.8, 4) is 0 Å². The van der Waals surface area contributed by atoms with E-state index in [1.807, 2.05) is 6.92 Å². The number of carboxylic acid groups (broad SMARTS) is 1. The number of hydrogen-bond donors (Lipinski definition) is 3. The molecule has 1 aliphatic heterocycles. The van der Waals surface area contributed by atoms with Crippen molar-refractivity contribution in [3.05, 3.63) is 0 Å². The van der Waals surface area contributed by atoms with Gasteiger partial charge in [-0.25, -0.2) is 0 Å². The third-order valence-corrected chi connectivity index (χ3v) is 3.81. The largest absolute Gasteiger partial charge is 0.480 e. The van der Waals surface area contributed by atoms with Gasteiger partial charge in [-0.3, -0.25) is 24.0 Å². The van der Waals surface area contributed by atoms with Crippen LogP contribution in [0.2, 0.25) is 0 Å². The molecular formula is C10H19N2O6P. The van der Waals surface area contributed by atoms with Crippen molar-refractivity contribution >= 4 is 19.3 Å². The lowest BCUT2D eigenvalue weighted by atomic mass is 10.1. The molecule has 110 valence electrons. The molecule has 1 unspecified atom stereocenters. The van der Waals surface area contributed by atoms with Gasteiger partial charge in [-0.15, -0.1) is 0 Å². The summed E-state index contributed by atoms with van der Waals surface area (Å²) in [7, 11) is -4.34. The Morgan fingerprint density at radius 1 is 1.32 bits per heavy atom. The number of aliphatic carboxylic acids is 1. The van der Waals surface area contributed by atoms with Crippen LogP contribution in [0.5, 0.6) is 0 Å². The number of rotatable bonds is 6. The summed E-state index contributed by atoms with van der Waals surface area (Å²) in [6.07, 6.45) is -0.793. The molecule has 0 aromatic heterocycles. The van der Waals surface area contributed by atoms with Crippen molar-refractivity contribution in [2.45, 2.75) is 13.0 Å². The molecule has 3 N–H and O–H groups in total. The van der Waals surface area contributed by atoms with Crippen LogP contribution < -0.4 is 0 Å². The predicted molar refractivity (Wildman–Crippen MR) is 67.0 cm³/mol. The number of piperazine rings is 1. The fourth-order valence-electron chi connectivity index (χ4n) is 2.16. The molecule has 1 heterocycles. The zero-order chi connectivity index (χ0) is 14.6. The summed E-state index contributed by atoms with van der Waals surface area (Å²) < 4.78 is 10.7. The number of carbonyl (C=O) groups excluding carboxylic acids is 1. The monoisotopic (exact) mass is 294 g/mol. The second-order valence-corrected chi connectivity index (χ2v) is 6.22. The van der Waals surface area contributed by atoms with Gasteiger partial charge < -0.3 is 14.9 Å². The fourth-order valence-corrected chi connectivity index (χ4v) is 2.72. The first kappa shape index (κ1) is 16.3. The summed E-state index contributed by atoms with van der Waals surface area (Å²) in [4.78, 5) is 43.4. The maximum absolute atomic E-state index is 11.5. The van der Waals surface area contributed by atoms with Crippen LogP contribution in [0.25, 0.3) is 0 Å². The van der Waals surface area contributed by atoms with E-state index in [0.717, 1.165) is 0 Å². The third kappa shape index (κ3) is 5.38. The first-order valence-corrected chi connectivity index (χ1v) is 7.78. The minimum atomic E-state index is -4.34. The number of nitrogens with zero attached hydrogens (tertiary/aromatic N) is 2. The van der Waals surface area contributed by atoms with Crippen LogP contribution in [-0.2, 0) is 14.2 Å². The van der Waals surface area contributed by atoms with Crippen molar-refractivity contribution in [2.75, 3.05) is 38.9 Å². The number of likely N-dealkylation sites (N-methyl/N-ethyl adjacent to an activating group) is 1. The molecule has 0 aliphatic carbocycles. The Balaban J connectivity index is 2.55. The molecule has 1 saturated heterocycles. The zero-order valence-electron chi connectivity index (χ0n) is 10.7. The van der Waals surface area contributed by atoms with E-state index in [0.29, 0.717) is 19.6 Å². The molecule has 0 radical (unpaired) electrons. The van der Waals surface area contributed by atoms with Crippen LogP contribution in [0.1, 0.15) is 6.92 Å². The summed E-state index contributed by atoms with van der Waals surface area (Å²) in [5, 5.41) is 9.10. The molecule has 0 aromatic rings. The van der Waals surface area contributed by atoms with Crippen molar-refractivity contribution in [1.29, 1.82) is 0 Å². The SMILES string of the molecule is CCN1CCN(CC(=O)CP(=O)(O)O)CC1C(=O)O. The van der Waals surface area contributed by atoms with Gasteiger partial charge in [0.1, 0.15) is 12.2 Å². The van der Waals surface area contributed by atoms with E-state index in [2.05, 4.69) is 0 Å². The Bertz CT molecular complexity index is 395. The lowest BCUT2D eigenvalue weighted by molar-refractivity contribution is -0.146. The van der Waals surface area contributed by atoms with E-state index in [4.69, 9.17) is 14.9 Å². The second kappa shape index (κ2) is 6.58. The summed E-state index contributed by atoms with van der Waals surface area (Å²) in [5.41, 5.74) is 0. The molecule has 0 aromatic carbocycles. The minimum absolute atomic E-state index is 0.119. The standard InChI is InChI=1S/C10H19N2O6P/c1-2-12-4-3-11(6-9(12)10(14)15)5-8(13)7-19(16,17)18/h9H,2-7H2,1H3,(H,14,15)(H2,16,17,18). The van der Waals surface area contributed by atoms with E-state index in [1.165, 1.54) is 0 Å². The van der Waals surface area contributed by atoms with Crippen LogP contribution in [-0.4, -0.2) is 81.4 Å². The number of carboxylic acids is 1. The Hall–Kier alpha value is -0.790. The Labute approximate surface area is 111 Å². The molecular weight excluding hydrogens is 275 g/mol. The van der Waals surface area contributed by atoms with Crippen LogP contribution in [0.4, 0.5) is 0 Å². The lowest BCUT2D eigenvalue weighted by Crippen LogP contribution is -2.57. The number of Topliss-reactive ketones (excluding diaryl/α,β-unsaturated/α-hetero) is 1. The van der Waals surface area contributed by atoms with Gasteiger partial charge in [0.25, 0.3) is 0 Å². The molecule has 1 atom stereocenters. The second-order valence-electron chi connectivity index (χ2n) is 4.58. The van der Waals surface area contributed by atoms with Gasteiger partial charge in [-0.2, -0.15) is 0 Å². The van der Waals surface area contributed by atoms with Gasteiger partial charge in [0.05, 0.1) is 6.54 Å². The quantitative estimate of drug-likeness (QED) is 0.524. The average molecular weight is 294 g/mol. The molecule has 1 rings (SSSR count). The maximum atomic E-state index is 11.5. The first-order chi connectivity index (χ1) is 8.73. The number of hydrogen-bond acceptors (Lipinski definition) is 5. The lowest BCUT2D eigenvalue weighted by Gasteiger charge is -2.38. The van der Waals surface area contributed by atoms with Crippen LogP contribution in [0, 0.1) is 0 Å². The summed E-state index contributed by atoms with van der Waals surface area (Å²) in [6, 6.07) is -0.679. The van der Waals surface area contributed by atoms with Gasteiger partial charge in [0.15, 0.2) is 5.78 Å². The molecule has 0 amide bonds. The highest BCUT2D eigenvalue weighted by atomic mass is 31.2. The highest BCUT2D eigenvalue weighted by Crippen LogP contribution is 2.33. The Morgan fingerprint density at radius 3 is 2.42 bits per heavy atom. The van der Waals surface area contributed by atoms with Crippen LogP contribution >= 0.6 is 7.60 Å². The van der Waals surface area contributed by atoms with E-state index in [1.54, 1.807) is 9.80 Å². The van der Waals surface area contributed by atoms with Crippen molar-refractivity contribution in [3.63, 3.8) is 0 Å². The van der Waals surface area contributed by atoms with Crippen molar-refractivity contribution in [2.24, 2.45) is 0 Å². The van der Waals surface area contributed by atoms with Gasteiger partial charge >= 0.3 is 13.6 Å². The molecule has 1 aliphatic rings. The van der Waals surface area contributed by atoms with Crippen LogP contribution in [0.3, 0.4) is 0 Å². The van der Waals surface area contributed by atoms with Gasteiger partial charge in [0, 0.05) is 19.6 Å². The normalized spacial score (nSPS) is 22.4. The van der Waals surface area contributed by atoms with E-state index in [9.17, 15) is 14.2 Å². The van der Waals surface area contributed by atoms with E-state index in [-0.39, 0.29) is 13.1 Å². The molecule has 0 bridgehead atoms. The molecule has 1 fully saturated rings. The van der Waals surface area contributed by atoms with Gasteiger partial charge in [-0.1, -0.05) is 6.92 Å². The van der Waals surface area contributed by atoms with E-state index < -0.39 is 31.6 Å². The zero-order valence-corrected chi connectivity index (χ0v) is 11.6. The summed E-state index contributed by atoms with van der Waals surface area (Å²) >= 11 is 0. The minimum Gasteiger partial charge on any atom is -0.480 e. The van der Waals surface area contributed by atoms with Crippen LogP contribution in [0.15, 0.2) is 0 Å². The molecule has 19 heavy (non-hydrogen) atoms. The third-order valence-electron chi connectivity index (χ3n) is 3.05. The van der Waals surface area contributed by atoms with E-state index >= 15 is 0 Å². The van der Waals surface area contributed by atoms with Crippen molar-refractivity contribution in [1.82, 2.24) is 9.80 Å². The molecule has 0 spiro atoms.